The first-order valence-electron chi connectivity index (χ1n) is 7.37. The zero-order valence-electron chi connectivity index (χ0n) is 13.9. The molecule has 0 heterocycles. The van der Waals surface area contributed by atoms with Crippen LogP contribution in [0.2, 0.25) is 5.02 Å². The van der Waals surface area contributed by atoms with Crippen LogP contribution in [0.25, 0.3) is 0 Å². The van der Waals surface area contributed by atoms with E-state index in [-0.39, 0.29) is 10.6 Å². The van der Waals surface area contributed by atoms with Crippen LogP contribution in [-0.2, 0) is 9.53 Å². The summed E-state index contributed by atoms with van der Waals surface area (Å²) in [6.07, 6.45) is -1.53. The first-order valence-corrected chi connectivity index (χ1v) is 8.63. The number of ether oxygens (including phenoxy) is 2. The van der Waals surface area contributed by atoms with Crippen molar-refractivity contribution in [3.8, 4) is 5.75 Å². The largest absolute Gasteiger partial charge is 0.497 e. The van der Waals surface area contributed by atoms with Crippen molar-refractivity contribution in [1.29, 1.82) is 0 Å². The standard InChI is InChI=1S/C17H16ClNO6S/c1-24-12-6-3-10(4-7-12)16(15(20)17(21)25-2)26-14-9-11(18)5-8-13(14)19(22)23/h3-9,15-16,20H,1-2H3/t15-,16+/m1/s1. The van der Waals surface area contributed by atoms with Crippen LogP contribution < -0.4 is 4.74 Å². The number of hydrogen-bond donors (Lipinski definition) is 1. The fourth-order valence-electron chi connectivity index (χ4n) is 2.22. The second-order valence-electron chi connectivity index (χ2n) is 5.15. The number of aliphatic hydroxyl groups is 1. The maximum Gasteiger partial charge on any atom is 0.336 e. The van der Waals surface area contributed by atoms with Gasteiger partial charge in [-0.2, -0.15) is 0 Å². The summed E-state index contributed by atoms with van der Waals surface area (Å²) in [5, 5.41) is 21.1. The minimum Gasteiger partial charge on any atom is -0.497 e. The molecule has 0 aliphatic rings. The second-order valence-corrected chi connectivity index (χ2v) is 6.77. The number of carbonyl (C=O) groups excluding carboxylic acids is 1. The number of halogens is 1. The molecule has 0 radical (unpaired) electrons. The SMILES string of the molecule is COC(=O)[C@H](O)[C@@H](Sc1cc(Cl)ccc1[N+](=O)[O-])c1ccc(OC)cc1. The molecule has 2 aromatic carbocycles. The van der Waals surface area contributed by atoms with Crippen LogP contribution in [-0.4, -0.2) is 36.3 Å². The number of thioether (sulfide) groups is 1. The average Bonchev–Trinajstić information content (AvgIpc) is 2.64. The van der Waals surface area contributed by atoms with Crippen molar-refractivity contribution in [1.82, 2.24) is 0 Å². The summed E-state index contributed by atoms with van der Waals surface area (Å²) in [6.45, 7) is 0. The molecule has 0 saturated carbocycles. The van der Waals surface area contributed by atoms with Crippen molar-refractivity contribution in [2.45, 2.75) is 16.2 Å². The Morgan fingerprint density at radius 1 is 1.23 bits per heavy atom. The Balaban J connectivity index is 2.46. The lowest BCUT2D eigenvalue weighted by molar-refractivity contribution is -0.387. The number of rotatable bonds is 7. The second kappa shape index (κ2) is 8.88. The van der Waals surface area contributed by atoms with Gasteiger partial charge in [-0.25, -0.2) is 4.79 Å². The summed E-state index contributed by atoms with van der Waals surface area (Å²) in [6, 6.07) is 10.8. The Labute approximate surface area is 159 Å². The zero-order valence-corrected chi connectivity index (χ0v) is 15.5. The number of nitro benzene ring substituents is 1. The van der Waals surface area contributed by atoms with Gasteiger partial charge < -0.3 is 14.6 Å². The van der Waals surface area contributed by atoms with Crippen molar-refractivity contribution >= 4 is 35.0 Å². The van der Waals surface area contributed by atoms with Crippen molar-refractivity contribution < 1.29 is 24.3 Å². The molecule has 2 aromatic rings. The molecule has 0 spiro atoms. The summed E-state index contributed by atoms with van der Waals surface area (Å²) in [5.41, 5.74) is 0.401. The first-order chi connectivity index (χ1) is 12.4. The number of esters is 1. The van der Waals surface area contributed by atoms with E-state index in [2.05, 4.69) is 4.74 Å². The van der Waals surface area contributed by atoms with Gasteiger partial charge in [-0.15, -0.1) is 11.8 Å². The minimum atomic E-state index is -1.53. The highest BCUT2D eigenvalue weighted by Crippen LogP contribution is 2.43. The van der Waals surface area contributed by atoms with Gasteiger partial charge in [-0.05, 0) is 29.8 Å². The van der Waals surface area contributed by atoms with Gasteiger partial charge in [0.25, 0.3) is 5.69 Å². The van der Waals surface area contributed by atoms with Crippen molar-refractivity contribution in [3.63, 3.8) is 0 Å². The quantitative estimate of drug-likeness (QED) is 0.329. The lowest BCUT2D eigenvalue weighted by Gasteiger charge is -2.21. The van der Waals surface area contributed by atoms with Gasteiger partial charge in [0.15, 0.2) is 6.10 Å². The lowest BCUT2D eigenvalue weighted by Crippen LogP contribution is -2.27. The molecule has 0 fully saturated rings. The van der Waals surface area contributed by atoms with E-state index in [0.717, 1.165) is 18.9 Å². The molecule has 0 unspecified atom stereocenters. The molecule has 0 aliphatic carbocycles. The smallest absolute Gasteiger partial charge is 0.336 e. The number of hydrogen-bond acceptors (Lipinski definition) is 7. The van der Waals surface area contributed by atoms with E-state index in [1.807, 2.05) is 0 Å². The molecule has 0 aromatic heterocycles. The molecular formula is C17H16ClNO6S. The monoisotopic (exact) mass is 397 g/mol. The molecule has 0 saturated heterocycles. The maximum atomic E-state index is 11.9. The van der Waals surface area contributed by atoms with Crippen molar-refractivity contribution in [2.75, 3.05) is 14.2 Å². The highest BCUT2D eigenvalue weighted by atomic mass is 35.5. The summed E-state index contributed by atoms with van der Waals surface area (Å²) >= 11 is 6.91. The molecule has 7 nitrogen and oxygen atoms in total. The normalized spacial score (nSPS) is 12.9. The predicted octanol–water partition coefficient (Wildman–Crippen LogP) is 3.62. The Morgan fingerprint density at radius 2 is 1.88 bits per heavy atom. The molecule has 0 amide bonds. The van der Waals surface area contributed by atoms with Crippen LogP contribution in [0, 0.1) is 10.1 Å². The van der Waals surface area contributed by atoms with Crippen LogP contribution in [0.15, 0.2) is 47.4 Å². The number of nitro groups is 1. The van der Waals surface area contributed by atoms with E-state index in [9.17, 15) is 20.0 Å². The van der Waals surface area contributed by atoms with Gasteiger partial charge in [0.2, 0.25) is 0 Å². The third-order valence-corrected chi connectivity index (χ3v) is 5.15. The lowest BCUT2D eigenvalue weighted by atomic mass is 10.1. The van der Waals surface area contributed by atoms with E-state index in [1.54, 1.807) is 24.3 Å². The molecule has 0 bridgehead atoms. The van der Waals surface area contributed by atoms with Gasteiger partial charge in [-0.3, -0.25) is 10.1 Å². The molecule has 1 N–H and O–H groups in total. The number of aliphatic hydroxyl groups excluding tert-OH is 1. The molecule has 26 heavy (non-hydrogen) atoms. The van der Waals surface area contributed by atoms with Crippen LogP contribution in [0.1, 0.15) is 10.8 Å². The van der Waals surface area contributed by atoms with Gasteiger partial charge in [0, 0.05) is 11.1 Å². The van der Waals surface area contributed by atoms with Gasteiger partial charge in [-0.1, -0.05) is 23.7 Å². The van der Waals surface area contributed by atoms with Crippen molar-refractivity contribution in [2.24, 2.45) is 0 Å². The summed E-state index contributed by atoms with van der Waals surface area (Å²) < 4.78 is 9.71. The van der Waals surface area contributed by atoms with E-state index < -0.39 is 22.2 Å². The van der Waals surface area contributed by atoms with Crippen LogP contribution in [0.5, 0.6) is 5.75 Å². The van der Waals surface area contributed by atoms with E-state index in [1.165, 1.54) is 25.3 Å². The Hall–Kier alpha value is -2.29. The molecule has 9 heteroatoms. The fourth-order valence-corrected chi connectivity index (χ4v) is 3.72. The van der Waals surface area contributed by atoms with Gasteiger partial charge >= 0.3 is 5.97 Å². The Bertz CT molecular complexity index is 798. The highest BCUT2D eigenvalue weighted by Gasteiger charge is 2.31. The third kappa shape index (κ3) is 4.66. The molecular weight excluding hydrogens is 382 g/mol. The number of carbonyl (C=O) groups is 1. The third-order valence-electron chi connectivity index (χ3n) is 3.55. The van der Waals surface area contributed by atoms with Crippen LogP contribution in [0.3, 0.4) is 0 Å². The van der Waals surface area contributed by atoms with E-state index in [4.69, 9.17) is 16.3 Å². The maximum absolute atomic E-state index is 11.9. The summed E-state index contributed by atoms with van der Waals surface area (Å²) in [7, 11) is 2.67. The van der Waals surface area contributed by atoms with Crippen LogP contribution in [0.4, 0.5) is 5.69 Å². The van der Waals surface area contributed by atoms with Gasteiger partial charge in [0.1, 0.15) is 5.75 Å². The van der Waals surface area contributed by atoms with Gasteiger partial charge in [0.05, 0.1) is 29.3 Å². The first kappa shape index (κ1) is 20.0. The summed E-state index contributed by atoms with van der Waals surface area (Å²) in [4.78, 5) is 22.8. The Morgan fingerprint density at radius 3 is 2.42 bits per heavy atom. The minimum absolute atomic E-state index is 0.171. The number of benzene rings is 2. The average molecular weight is 398 g/mol. The molecule has 138 valence electrons. The van der Waals surface area contributed by atoms with Crippen LogP contribution >= 0.6 is 23.4 Å². The molecule has 0 aliphatic heterocycles. The number of methoxy groups -OCH3 is 2. The highest BCUT2D eigenvalue weighted by molar-refractivity contribution is 7.99. The van der Waals surface area contributed by atoms with Crippen molar-refractivity contribution in [3.05, 3.63) is 63.2 Å². The van der Waals surface area contributed by atoms with E-state index >= 15 is 0 Å². The summed E-state index contributed by atoms with van der Waals surface area (Å²) in [5.74, 6) is -0.248. The predicted molar refractivity (Wildman–Crippen MR) is 97.7 cm³/mol. The number of nitrogens with zero attached hydrogens (tertiary/aromatic N) is 1. The Kier molecular flexibility index (Phi) is 6.84. The fraction of sp³-hybridized carbons (Fsp3) is 0.235. The topological polar surface area (TPSA) is 98.9 Å². The van der Waals surface area contributed by atoms with E-state index in [0.29, 0.717) is 16.3 Å². The zero-order chi connectivity index (χ0) is 19.3. The molecule has 2 rings (SSSR count). The molecule has 2 atom stereocenters.